The van der Waals surface area contributed by atoms with Gasteiger partial charge in [0.2, 0.25) is 15.9 Å². The molecule has 1 heterocycles. The molecule has 0 bridgehead atoms. The molecule has 2 fully saturated rings. The molecule has 0 aromatic rings. The summed E-state index contributed by atoms with van der Waals surface area (Å²) in [4.78, 5) is 12.3. The number of carbonyl (C=O) groups excluding carboxylic acids is 1. The quantitative estimate of drug-likeness (QED) is 0.771. The molecule has 2 rings (SSSR count). The van der Waals surface area contributed by atoms with Crippen LogP contribution in [0.25, 0.3) is 0 Å². The van der Waals surface area contributed by atoms with Gasteiger partial charge in [-0.15, -0.1) is 0 Å². The maximum absolute atomic E-state index is 12.3. The van der Waals surface area contributed by atoms with Crippen LogP contribution in [-0.4, -0.2) is 55.7 Å². The highest BCUT2D eigenvalue weighted by Gasteiger charge is 2.38. The number of nitrogens with one attached hydrogen (secondary N) is 1. The van der Waals surface area contributed by atoms with E-state index >= 15 is 0 Å². The fraction of sp³-hybridized carbons (Fsp3) is 0.929. The molecule has 2 aliphatic rings. The lowest BCUT2D eigenvalue weighted by atomic mass is 9.74. The van der Waals surface area contributed by atoms with Gasteiger partial charge in [0.05, 0.1) is 12.9 Å². The molecule has 1 aliphatic carbocycles. The Labute approximate surface area is 126 Å². The predicted octanol–water partition coefficient (Wildman–Crippen LogP) is 0.469. The van der Waals surface area contributed by atoms with E-state index in [4.69, 9.17) is 0 Å². The molecule has 2 N–H and O–H groups in total. The molecule has 1 saturated heterocycles. The van der Waals surface area contributed by atoms with Crippen molar-refractivity contribution in [2.45, 2.75) is 51.0 Å². The normalized spacial score (nSPS) is 26.7. The number of aliphatic hydroxyl groups excluding tert-OH is 1. The molecular weight excluding hydrogens is 292 g/mol. The highest BCUT2D eigenvalue weighted by molar-refractivity contribution is 7.88. The van der Waals surface area contributed by atoms with Crippen LogP contribution in [0.5, 0.6) is 0 Å². The first-order valence-electron chi connectivity index (χ1n) is 7.73. The maximum Gasteiger partial charge on any atom is 0.238 e. The second-order valence-electron chi connectivity index (χ2n) is 6.47. The van der Waals surface area contributed by atoms with Gasteiger partial charge in [0.25, 0.3) is 0 Å². The summed E-state index contributed by atoms with van der Waals surface area (Å²) in [5, 5.41) is 12.5. The molecule has 21 heavy (non-hydrogen) atoms. The number of hydrogen-bond donors (Lipinski definition) is 2. The van der Waals surface area contributed by atoms with Gasteiger partial charge in [0, 0.05) is 18.5 Å². The van der Waals surface area contributed by atoms with Crippen molar-refractivity contribution in [1.82, 2.24) is 9.62 Å². The SMILES string of the molecule is CS(=O)(=O)N1CCCC1C(=O)NCC1(CO)CCCCC1. The number of carbonyl (C=O) groups is 1. The van der Waals surface area contributed by atoms with Gasteiger partial charge in [-0.3, -0.25) is 4.79 Å². The Hall–Kier alpha value is -0.660. The fourth-order valence-electron chi connectivity index (χ4n) is 3.48. The summed E-state index contributed by atoms with van der Waals surface area (Å²) >= 11 is 0. The Balaban J connectivity index is 1.95. The summed E-state index contributed by atoms with van der Waals surface area (Å²) in [5.41, 5.74) is -0.220. The molecule has 1 saturated carbocycles. The number of amides is 1. The largest absolute Gasteiger partial charge is 0.396 e. The summed E-state index contributed by atoms with van der Waals surface area (Å²) in [6.07, 6.45) is 7.62. The van der Waals surface area contributed by atoms with E-state index in [1.165, 1.54) is 10.7 Å². The van der Waals surface area contributed by atoms with Gasteiger partial charge in [-0.05, 0) is 25.7 Å². The molecule has 0 radical (unpaired) electrons. The molecule has 0 aromatic heterocycles. The van der Waals surface area contributed by atoms with E-state index in [-0.39, 0.29) is 17.9 Å². The lowest BCUT2D eigenvalue weighted by Gasteiger charge is -2.36. The van der Waals surface area contributed by atoms with Crippen LogP contribution in [0.3, 0.4) is 0 Å². The first-order valence-corrected chi connectivity index (χ1v) is 9.58. The number of rotatable bonds is 5. The number of sulfonamides is 1. The third kappa shape index (κ3) is 3.96. The van der Waals surface area contributed by atoms with E-state index in [2.05, 4.69) is 5.32 Å². The zero-order valence-corrected chi connectivity index (χ0v) is 13.5. The van der Waals surface area contributed by atoms with Crippen LogP contribution in [0.1, 0.15) is 44.9 Å². The van der Waals surface area contributed by atoms with Crippen molar-refractivity contribution in [3.8, 4) is 0 Å². The van der Waals surface area contributed by atoms with Crippen molar-refractivity contribution in [3.05, 3.63) is 0 Å². The highest BCUT2D eigenvalue weighted by atomic mass is 32.2. The first-order chi connectivity index (χ1) is 9.88. The molecular formula is C14H26N2O4S. The van der Waals surface area contributed by atoms with Gasteiger partial charge in [0.15, 0.2) is 0 Å². The highest BCUT2D eigenvalue weighted by Crippen LogP contribution is 2.35. The predicted molar refractivity (Wildman–Crippen MR) is 80.2 cm³/mol. The van der Waals surface area contributed by atoms with Crippen LogP contribution in [0.15, 0.2) is 0 Å². The second-order valence-corrected chi connectivity index (χ2v) is 8.40. The minimum atomic E-state index is -3.34. The van der Waals surface area contributed by atoms with Gasteiger partial charge in [-0.1, -0.05) is 19.3 Å². The van der Waals surface area contributed by atoms with Gasteiger partial charge in [-0.2, -0.15) is 4.31 Å². The van der Waals surface area contributed by atoms with E-state index in [0.717, 1.165) is 38.4 Å². The number of hydrogen-bond acceptors (Lipinski definition) is 4. The average molecular weight is 318 g/mol. The van der Waals surface area contributed by atoms with Gasteiger partial charge < -0.3 is 10.4 Å². The molecule has 1 unspecified atom stereocenters. The maximum atomic E-state index is 12.3. The van der Waals surface area contributed by atoms with Crippen molar-refractivity contribution in [2.24, 2.45) is 5.41 Å². The van der Waals surface area contributed by atoms with E-state index in [0.29, 0.717) is 19.5 Å². The lowest BCUT2D eigenvalue weighted by Crippen LogP contribution is -2.49. The van der Waals surface area contributed by atoms with Crippen LogP contribution in [0, 0.1) is 5.41 Å². The van der Waals surface area contributed by atoms with Gasteiger partial charge in [-0.25, -0.2) is 8.42 Å². The van der Waals surface area contributed by atoms with Crippen molar-refractivity contribution in [2.75, 3.05) is 26.0 Å². The fourth-order valence-corrected chi connectivity index (χ4v) is 4.61. The van der Waals surface area contributed by atoms with Crippen LogP contribution in [0.2, 0.25) is 0 Å². The Morgan fingerprint density at radius 3 is 2.52 bits per heavy atom. The zero-order valence-electron chi connectivity index (χ0n) is 12.7. The summed E-state index contributed by atoms with van der Waals surface area (Å²) in [6.45, 7) is 0.937. The zero-order chi connectivity index (χ0) is 15.5. The topological polar surface area (TPSA) is 86.7 Å². The molecule has 1 amide bonds. The summed E-state index contributed by atoms with van der Waals surface area (Å²) < 4.78 is 24.6. The van der Waals surface area contributed by atoms with Crippen LogP contribution >= 0.6 is 0 Å². The van der Waals surface area contributed by atoms with E-state index in [1.807, 2.05) is 0 Å². The lowest BCUT2D eigenvalue weighted by molar-refractivity contribution is -0.125. The monoisotopic (exact) mass is 318 g/mol. The smallest absolute Gasteiger partial charge is 0.238 e. The molecule has 0 aromatic carbocycles. The summed E-state index contributed by atoms with van der Waals surface area (Å²) in [6, 6.07) is -0.584. The molecule has 1 atom stereocenters. The molecule has 7 heteroatoms. The van der Waals surface area contributed by atoms with Crippen LogP contribution in [-0.2, 0) is 14.8 Å². The van der Waals surface area contributed by atoms with E-state index in [9.17, 15) is 18.3 Å². The molecule has 0 spiro atoms. The van der Waals surface area contributed by atoms with Crippen molar-refractivity contribution >= 4 is 15.9 Å². The minimum Gasteiger partial charge on any atom is -0.396 e. The molecule has 6 nitrogen and oxygen atoms in total. The summed E-state index contributed by atoms with van der Waals surface area (Å²) in [7, 11) is -3.34. The Bertz CT molecular complexity index is 471. The van der Waals surface area contributed by atoms with E-state index < -0.39 is 16.1 Å². The van der Waals surface area contributed by atoms with Crippen molar-refractivity contribution in [3.63, 3.8) is 0 Å². The van der Waals surface area contributed by atoms with Crippen LogP contribution < -0.4 is 5.32 Å². The van der Waals surface area contributed by atoms with Crippen LogP contribution in [0.4, 0.5) is 0 Å². The second kappa shape index (κ2) is 6.62. The molecule has 1 aliphatic heterocycles. The Kier molecular flexibility index (Phi) is 5.27. The Morgan fingerprint density at radius 1 is 1.29 bits per heavy atom. The Morgan fingerprint density at radius 2 is 1.95 bits per heavy atom. The summed E-state index contributed by atoms with van der Waals surface area (Å²) in [5.74, 6) is -0.226. The average Bonchev–Trinajstić information content (AvgIpc) is 2.95. The third-order valence-corrected chi connectivity index (χ3v) is 6.11. The minimum absolute atomic E-state index is 0.0771. The number of nitrogens with zero attached hydrogens (tertiary/aromatic N) is 1. The van der Waals surface area contributed by atoms with Gasteiger partial charge >= 0.3 is 0 Å². The standard InChI is InChI=1S/C14H26N2O4S/c1-21(19,20)16-9-5-6-12(16)13(18)15-10-14(11-17)7-3-2-4-8-14/h12,17H,2-11H2,1H3,(H,15,18). The third-order valence-electron chi connectivity index (χ3n) is 4.82. The van der Waals surface area contributed by atoms with Gasteiger partial charge in [0.1, 0.15) is 6.04 Å². The van der Waals surface area contributed by atoms with Crippen molar-refractivity contribution in [1.29, 1.82) is 0 Å². The van der Waals surface area contributed by atoms with E-state index in [1.54, 1.807) is 0 Å². The number of aliphatic hydroxyl groups is 1. The molecule has 122 valence electrons. The first kappa shape index (κ1) is 16.7. The van der Waals surface area contributed by atoms with Crippen molar-refractivity contribution < 1.29 is 18.3 Å².